The van der Waals surface area contributed by atoms with Crippen molar-refractivity contribution in [2.45, 2.75) is 24.3 Å². The molecule has 2 N–H and O–H groups in total. The molecular weight excluding hydrogens is 534 g/mol. The minimum Gasteiger partial charge on any atom is -0.493 e. The molecule has 0 aliphatic carbocycles. The lowest BCUT2D eigenvalue weighted by atomic mass is 10.0. The van der Waals surface area contributed by atoms with Crippen molar-refractivity contribution in [1.29, 1.82) is 0 Å². The first-order chi connectivity index (χ1) is 16.7. The molecule has 0 aliphatic rings. The second kappa shape index (κ2) is 12.0. The summed E-state index contributed by atoms with van der Waals surface area (Å²) in [4.78, 5) is 12.8. The van der Waals surface area contributed by atoms with Crippen molar-refractivity contribution in [3.05, 3.63) is 87.9 Å². The Morgan fingerprint density at radius 3 is 2.29 bits per heavy atom. The molecule has 1 amide bonds. The summed E-state index contributed by atoms with van der Waals surface area (Å²) < 4.78 is 39.8. The van der Waals surface area contributed by atoms with Gasteiger partial charge in [-0.2, -0.15) is 5.10 Å². The van der Waals surface area contributed by atoms with Crippen LogP contribution in [-0.2, 0) is 14.8 Å². The van der Waals surface area contributed by atoms with Gasteiger partial charge in [0.05, 0.1) is 31.4 Å². The van der Waals surface area contributed by atoms with Gasteiger partial charge in [0.2, 0.25) is 15.9 Å². The number of methoxy groups -OCH3 is 2. The van der Waals surface area contributed by atoms with E-state index in [2.05, 4.69) is 31.2 Å². The van der Waals surface area contributed by atoms with Gasteiger partial charge in [-0.3, -0.25) is 4.79 Å². The smallest absolute Gasteiger partial charge is 0.242 e. The number of aryl methyl sites for hydroxylation is 1. The molecular formula is C25H26BrN3O5S. The summed E-state index contributed by atoms with van der Waals surface area (Å²) in [5.41, 5.74) is 4.72. The van der Waals surface area contributed by atoms with Crippen molar-refractivity contribution in [2.24, 2.45) is 5.10 Å². The van der Waals surface area contributed by atoms with Crippen LogP contribution in [0.3, 0.4) is 0 Å². The second-order valence-electron chi connectivity index (χ2n) is 7.62. The van der Waals surface area contributed by atoms with E-state index in [1.165, 1.54) is 32.6 Å². The summed E-state index contributed by atoms with van der Waals surface area (Å²) >= 11 is 3.43. The fourth-order valence-electron chi connectivity index (χ4n) is 3.26. The zero-order valence-corrected chi connectivity index (χ0v) is 21.9. The lowest BCUT2D eigenvalue weighted by molar-refractivity contribution is -0.121. The number of hydrogen-bond acceptors (Lipinski definition) is 6. The van der Waals surface area contributed by atoms with Crippen LogP contribution in [0.15, 0.2) is 81.2 Å². The highest BCUT2D eigenvalue weighted by molar-refractivity contribution is 9.10. The molecule has 3 aromatic rings. The van der Waals surface area contributed by atoms with Crippen LogP contribution in [0.5, 0.6) is 11.5 Å². The van der Waals surface area contributed by atoms with E-state index in [0.29, 0.717) is 27.1 Å². The highest BCUT2D eigenvalue weighted by atomic mass is 79.9. The molecule has 0 unspecified atom stereocenters. The monoisotopic (exact) mass is 559 g/mol. The number of sulfonamides is 1. The number of amides is 1. The molecule has 3 rings (SSSR count). The number of ether oxygens (including phenoxy) is 2. The van der Waals surface area contributed by atoms with Crippen LogP contribution < -0.4 is 19.6 Å². The van der Waals surface area contributed by atoms with Gasteiger partial charge in [-0.05, 0) is 52.7 Å². The zero-order valence-electron chi connectivity index (χ0n) is 19.5. The quantitative estimate of drug-likeness (QED) is 0.284. The average Bonchev–Trinajstić information content (AvgIpc) is 2.85. The SMILES string of the molecule is COc1cc(Br)c(/C=N\NC(=O)C[C@@H](NS(=O)(=O)c2ccc(C)cc2)c2ccccc2)cc1OC. The molecule has 0 heterocycles. The highest BCUT2D eigenvalue weighted by Crippen LogP contribution is 2.32. The Hall–Kier alpha value is -3.21. The summed E-state index contributed by atoms with van der Waals surface area (Å²) in [5, 5.41) is 4.02. The fraction of sp³-hybridized carbons (Fsp3) is 0.200. The third kappa shape index (κ3) is 7.14. The highest BCUT2D eigenvalue weighted by Gasteiger charge is 2.23. The second-order valence-corrected chi connectivity index (χ2v) is 10.2. The van der Waals surface area contributed by atoms with E-state index in [4.69, 9.17) is 9.47 Å². The maximum atomic E-state index is 13.0. The summed E-state index contributed by atoms with van der Waals surface area (Å²) in [5.74, 6) is 0.601. The normalized spacial score (nSPS) is 12.3. The van der Waals surface area contributed by atoms with Gasteiger partial charge in [-0.1, -0.05) is 48.0 Å². The summed E-state index contributed by atoms with van der Waals surface area (Å²) in [7, 11) is -0.794. The summed E-state index contributed by atoms with van der Waals surface area (Å²) in [6, 6.07) is 18.1. The van der Waals surface area contributed by atoms with Gasteiger partial charge in [0.15, 0.2) is 11.5 Å². The van der Waals surface area contributed by atoms with Crippen LogP contribution in [0.2, 0.25) is 0 Å². The van der Waals surface area contributed by atoms with Crippen LogP contribution >= 0.6 is 15.9 Å². The molecule has 0 spiro atoms. The van der Waals surface area contributed by atoms with E-state index < -0.39 is 22.0 Å². The number of carbonyl (C=O) groups excluding carboxylic acids is 1. The van der Waals surface area contributed by atoms with Crippen molar-refractivity contribution in [1.82, 2.24) is 10.1 Å². The Kier molecular flexibility index (Phi) is 9.02. The Morgan fingerprint density at radius 2 is 1.66 bits per heavy atom. The van der Waals surface area contributed by atoms with Gasteiger partial charge in [0, 0.05) is 16.5 Å². The lowest BCUT2D eigenvalue weighted by Gasteiger charge is -2.18. The number of hydrazone groups is 1. The third-order valence-corrected chi connectivity index (χ3v) is 7.29. The Morgan fingerprint density at radius 1 is 1.03 bits per heavy atom. The molecule has 3 aromatic carbocycles. The van der Waals surface area contributed by atoms with Crippen LogP contribution in [0.25, 0.3) is 0 Å². The first-order valence-corrected chi connectivity index (χ1v) is 12.9. The predicted molar refractivity (Wildman–Crippen MR) is 138 cm³/mol. The van der Waals surface area contributed by atoms with Gasteiger partial charge in [-0.15, -0.1) is 0 Å². The van der Waals surface area contributed by atoms with Gasteiger partial charge >= 0.3 is 0 Å². The number of nitrogens with one attached hydrogen (secondary N) is 2. The molecule has 184 valence electrons. The van der Waals surface area contributed by atoms with Crippen LogP contribution in [0.1, 0.15) is 29.2 Å². The lowest BCUT2D eigenvalue weighted by Crippen LogP contribution is -2.32. The average molecular weight is 560 g/mol. The van der Waals surface area contributed by atoms with E-state index in [9.17, 15) is 13.2 Å². The van der Waals surface area contributed by atoms with Crippen molar-refractivity contribution in [3.8, 4) is 11.5 Å². The van der Waals surface area contributed by atoms with Crippen LogP contribution in [0, 0.1) is 6.92 Å². The first kappa shape index (κ1) is 26.4. The maximum absolute atomic E-state index is 13.0. The molecule has 8 nitrogen and oxygen atoms in total. The molecule has 10 heteroatoms. The van der Waals surface area contributed by atoms with E-state index in [1.54, 1.807) is 48.5 Å². The number of halogens is 1. The number of benzene rings is 3. The zero-order chi connectivity index (χ0) is 25.4. The topological polar surface area (TPSA) is 106 Å². The summed E-state index contributed by atoms with van der Waals surface area (Å²) in [6.45, 7) is 1.88. The van der Waals surface area contributed by atoms with Crippen LogP contribution in [0.4, 0.5) is 0 Å². The molecule has 0 fully saturated rings. The Bertz CT molecular complexity index is 1300. The van der Waals surface area contributed by atoms with Gasteiger partial charge < -0.3 is 9.47 Å². The van der Waals surface area contributed by atoms with Crippen molar-refractivity contribution in [3.63, 3.8) is 0 Å². The largest absolute Gasteiger partial charge is 0.493 e. The number of carbonyl (C=O) groups is 1. The Labute approximate surface area is 213 Å². The fourth-order valence-corrected chi connectivity index (χ4v) is 4.91. The molecule has 1 atom stereocenters. The van der Waals surface area contributed by atoms with Gasteiger partial charge in [-0.25, -0.2) is 18.6 Å². The molecule has 0 radical (unpaired) electrons. The predicted octanol–water partition coefficient (Wildman–Crippen LogP) is 4.33. The molecule has 0 bridgehead atoms. The molecule has 35 heavy (non-hydrogen) atoms. The van der Waals surface area contributed by atoms with Gasteiger partial charge in [0.1, 0.15) is 0 Å². The summed E-state index contributed by atoms with van der Waals surface area (Å²) in [6.07, 6.45) is 1.30. The van der Waals surface area contributed by atoms with Crippen molar-refractivity contribution < 1.29 is 22.7 Å². The maximum Gasteiger partial charge on any atom is 0.242 e. The Balaban J connectivity index is 1.75. The molecule has 0 aromatic heterocycles. The van der Waals surface area contributed by atoms with Crippen molar-refractivity contribution >= 4 is 38.1 Å². The van der Waals surface area contributed by atoms with E-state index >= 15 is 0 Å². The third-order valence-electron chi connectivity index (χ3n) is 5.12. The number of nitrogens with zero attached hydrogens (tertiary/aromatic N) is 1. The van der Waals surface area contributed by atoms with E-state index in [0.717, 1.165) is 5.56 Å². The number of rotatable bonds is 10. The minimum atomic E-state index is -3.85. The van der Waals surface area contributed by atoms with E-state index in [1.807, 2.05) is 13.0 Å². The minimum absolute atomic E-state index is 0.126. The standard InChI is InChI=1S/C25H26BrN3O5S/c1-17-9-11-20(12-10-17)35(31,32)29-22(18-7-5-4-6-8-18)15-25(30)28-27-16-19-13-23(33-2)24(34-3)14-21(19)26/h4-14,16,22,29H,15H2,1-3H3,(H,28,30)/b27-16-/t22-/m1/s1. The molecule has 0 aliphatic heterocycles. The first-order valence-electron chi connectivity index (χ1n) is 10.6. The van der Waals surface area contributed by atoms with Crippen molar-refractivity contribution in [2.75, 3.05) is 14.2 Å². The molecule has 0 saturated heterocycles. The number of hydrogen-bond donors (Lipinski definition) is 2. The van der Waals surface area contributed by atoms with Crippen LogP contribution in [-0.4, -0.2) is 34.8 Å². The molecule has 0 saturated carbocycles. The van der Waals surface area contributed by atoms with E-state index in [-0.39, 0.29) is 11.3 Å². The van der Waals surface area contributed by atoms with Gasteiger partial charge in [0.25, 0.3) is 0 Å².